The quantitative estimate of drug-likeness (QED) is 0.355. The number of hydrogen-bond acceptors (Lipinski definition) is 0. The van der Waals surface area contributed by atoms with Crippen molar-refractivity contribution in [2.45, 2.75) is 41.5 Å². The van der Waals surface area contributed by atoms with Gasteiger partial charge in [-0.1, -0.05) is 0 Å². The molecule has 0 aliphatic heterocycles. The second-order valence-corrected chi connectivity index (χ2v) is 7.43. The molecule has 3 aromatic heterocycles. The molecule has 0 amide bonds. The standard InChI is InChI=1S/C18H20IN3/c1-7-10(4)20-17-13(7)16-14(8(2)11(5)21-16)18-15(17)9(3)12(6)22(18)19/h20-21H,1-6H3. The predicted molar refractivity (Wildman–Crippen MR) is 103 cm³/mol. The zero-order valence-electron chi connectivity index (χ0n) is 13.8. The van der Waals surface area contributed by atoms with E-state index in [0.29, 0.717) is 0 Å². The van der Waals surface area contributed by atoms with Gasteiger partial charge >= 0.3 is 0 Å². The summed E-state index contributed by atoms with van der Waals surface area (Å²) in [5.41, 5.74) is 11.8. The smallest absolute Gasteiger partial charge is 0.0700 e. The first-order valence-electron chi connectivity index (χ1n) is 7.62. The Morgan fingerprint density at radius 1 is 0.682 bits per heavy atom. The molecule has 0 spiro atoms. The highest BCUT2D eigenvalue weighted by Gasteiger charge is 2.22. The van der Waals surface area contributed by atoms with Crippen LogP contribution in [0.4, 0.5) is 0 Å². The molecule has 3 nitrogen and oxygen atoms in total. The van der Waals surface area contributed by atoms with Gasteiger partial charge in [-0.3, -0.25) is 2.78 Å². The number of H-pyrrole nitrogens is 2. The number of rotatable bonds is 0. The van der Waals surface area contributed by atoms with Crippen molar-refractivity contribution in [2.75, 3.05) is 0 Å². The fraction of sp³-hybridized carbons (Fsp3) is 0.333. The number of nitrogens with zero attached hydrogens (tertiary/aromatic N) is 1. The first-order chi connectivity index (χ1) is 10.3. The average Bonchev–Trinajstić information content (AvgIpc) is 3.01. The van der Waals surface area contributed by atoms with E-state index in [4.69, 9.17) is 0 Å². The van der Waals surface area contributed by atoms with Crippen molar-refractivity contribution in [2.24, 2.45) is 0 Å². The van der Waals surface area contributed by atoms with Gasteiger partial charge in [-0.15, -0.1) is 0 Å². The third-order valence-corrected chi connectivity index (χ3v) is 6.59. The number of aryl methyl sites for hydroxylation is 5. The molecule has 3 heterocycles. The zero-order chi connectivity index (χ0) is 15.9. The van der Waals surface area contributed by atoms with Crippen LogP contribution in [0.15, 0.2) is 0 Å². The maximum atomic E-state index is 3.64. The maximum absolute atomic E-state index is 3.64. The summed E-state index contributed by atoms with van der Waals surface area (Å²) in [5.74, 6) is 0. The minimum absolute atomic E-state index is 1.26. The van der Waals surface area contributed by atoms with Crippen LogP contribution in [0.5, 0.6) is 0 Å². The first kappa shape index (κ1) is 14.2. The van der Waals surface area contributed by atoms with E-state index in [2.05, 4.69) is 77.2 Å². The molecule has 2 N–H and O–H groups in total. The molecule has 0 unspecified atom stereocenters. The largest absolute Gasteiger partial charge is 0.358 e. The van der Waals surface area contributed by atoms with Crippen molar-refractivity contribution in [3.05, 3.63) is 33.8 Å². The van der Waals surface area contributed by atoms with Gasteiger partial charge in [-0.25, -0.2) is 0 Å². The molecule has 0 aliphatic rings. The Balaban J connectivity index is 2.52. The Labute approximate surface area is 143 Å². The van der Waals surface area contributed by atoms with Crippen molar-refractivity contribution in [3.63, 3.8) is 0 Å². The van der Waals surface area contributed by atoms with Crippen LogP contribution in [0, 0.1) is 41.5 Å². The number of aromatic amines is 2. The van der Waals surface area contributed by atoms with Gasteiger partial charge < -0.3 is 9.97 Å². The number of hydrogen-bond donors (Lipinski definition) is 2. The predicted octanol–water partition coefficient (Wildman–Crippen LogP) is 5.65. The molecule has 4 heteroatoms. The van der Waals surface area contributed by atoms with E-state index < -0.39 is 0 Å². The highest BCUT2D eigenvalue weighted by atomic mass is 127. The molecular weight excluding hydrogens is 385 g/mol. The summed E-state index contributed by atoms with van der Waals surface area (Å²) in [4.78, 5) is 7.27. The fourth-order valence-electron chi connectivity index (χ4n) is 3.72. The lowest BCUT2D eigenvalue weighted by Gasteiger charge is -2.03. The van der Waals surface area contributed by atoms with Crippen LogP contribution < -0.4 is 0 Å². The molecule has 22 heavy (non-hydrogen) atoms. The van der Waals surface area contributed by atoms with Gasteiger partial charge in [0.15, 0.2) is 0 Å². The van der Waals surface area contributed by atoms with E-state index in [9.17, 15) is 0 Å². The fourth-order valence-corrected chi connectivity index (χ4v) is 4.57. The molecule has 0 aliphatic carbocycles. The third-order valence-electron chi connectivity index (χ3n) is 5.38. The second kappa shape index (κ2) is 4.31. The van der Waals surface area contributed by atoms with Crippen molar-refractivity contribution in [3.8, 4) is 0 Å². The van der Waals surface area contributed by atoms with Crippen molar-refractivity contribution in [1.29, 1.82) is 0 Å². The van der Waals surface area contributed by atoms with Crippen LogP contribution in [0.3, 0.4) is 0 Å². The van der Waals surface area contributed by atoms with E-state index in [-0.39, 0.29) is 0 Å². The van der Waals surface area contributed by atoms with Gasteiger partial charge in [0.05, 0.1) is 39.4 Å². The van der Waals surface area contributed by atoms with Crippen molar-refractivity contribution in [1.82, 2.24) is 12.7 Å². The molecule has 4 rings (SSSR count). The Morgan fingerprint density at radius 3 is 1.68 bits per heavy atom. The SMILES string of the molecule is Cc1[nH]c2c(c1C)c1[nH]c(C)c(C)c1c1c2c(C)c(C)n1I. The average molecular weight is 405 g/mol. The van der Waals surface area contributed by atoms with Crippen LogP contribution in [0.25, 0.3) is 32.7 Å². The highest BCUT2D eigenvalue weighted by Crippen LogP contribution is 2.43. The Morgan fingerprint density at radius 2 is 1.14 bits per heavy atom. The molecule has 4 aromatic rings. The summed E-state index contributed by atoms with van der Waals surface area (Å²) in [5, 5.41) is 4.08. The Kier molecular flexibility index (Phi) is 2.78. The number of benzene rings is 1. The van der Waals surface area contributed by atoms with Crippen molar-refractivity contribution >= 4 is 55.6 Å². The summed E-state index contributed by atoms with van der Waals surface area (Å²) in [6.07, 6.45) is 0. The molecule has 0 radical (unpaired) electrons. The number of nitrogens with one attached hydrogen (secondary N) is 2. The normalized spacial score (nSPS) is 12.3. The van der Waals surface area contributed by atoms with E-state index >= 15 is 0 Å². The van der Waals surface area contributed by atoms with Crippen LogP contribution in [0.2, 0.25) is 0 Å². The van der Waals surface area contributed by atoms with Gasteiger partial charge in [0.2, 0.25) is 0 Å². The van der Waals surface area contributed by atoms with Gasteiger partial charge in [-0.05, 0) is 58.2 Å². The highest BCUT2D eigenvalue weighted by molar-refractivity contribution is 14.1. The molecule has 0 saturated carbocycles. The Hall–Kier alpha value is -1.43. The Bertz CT molecular complexity index is 1060. The van der Waals surface area contributed by atoms with Crippen LogP contribution in [-0.4, -0.2) is 12.7 Å². The van der Waals surface area contributed by atoms with E-state index in [1.54, 1.807) is 0 Å². The third kappa shape index (κ3) is 1.46. The summed E-state index contributed by atoms with van der Waals surface area (Å²) in [6, 6.07) is 0. The minimum atomic E-state index is 1.26. The lowest BCUT2D eigenvalue weighted by molar-refractivity contribution is 1.23. The zero-order valence-corrected chi connectivity index (χ0v) is 16.0. The lowest BCUT2D eigenvalue weighted by Crippen LogP contribution is -1.84. The molecule has 0 bridgehead atoms. The topological polar surface area (TPSA) is 36.5 Å². The summed E-state index contributed by atoms with van der Waals surface area (Å²) in [6.45, 7) is 13.2. The number of aromatic nitrogens is 3. The molecule has 0 saturated heterocycles. The first-order valence-corrected chi connectivity index (χ1v) is 8.58. The molecular formula is C18H20IN3. The van der Waals surface area contributed by atoms with Crippen LogP contribution in [-0.2, 0) is 0 Å². The van der Waals surface area contributed by atoms with E-state index in [1.165, 1.54) is 66.5 Å². The van der Waals surface area contributed by atoms with Gasteiger partial charge in [0, 0.05) is 33.2 Å². The molecule has 1 aromatic carbocycles. The maximum Gasteiger partial charge on any atom is 0.0700 e. The lowest BCUT2D eigenvalue weighted by atomic mass is 10.0. The minimum Gasteiger partial charge on any atom is -0.358 e. The monoisotopic (exact) mass is 405 g/mol. The van der Waals surface area contributed by atoms with Gasteiger partial charge in [0.25, 0.3) is 0 Å². The van der Waals surface area contributed by atoms with Crippen LogP contribution in [0.1, 0.15) is 33.8 Å². The number of halogens is 1. The number of fused-ring (bicyclic) bond motifs is 6. The summed E-state index contributed by atoms with van der Waals surface area (Å²) >= 11 is 2.43. The van der Waals surface area contributed by atoms with E-state index in [0.717, 1.165) is 0 Å². The van der Waals surface area contributed by atoms with Crippen LogP contribution >= 0.6 is 22.9 Å². The van der Waals surface area contributed by atoms with Gasteiger partial charge in [-0.2, -0.15) is 0 Å². The van der Waals surface area contributed by atoms with E-state index in [1.807, 2.05) is 0 Å². The summed E-state index contributed by atoms with van der Waals surface area (Å²) in [7, 11) is 0. The second-order valence-electron chi connectivity index (χ2n) is 6.46. The molecule has 0 fully saturated rings. The molecule has 114 valence electrons. The van der Waals surface area contributed by atoms with Crippen molar-refractivity contribution < 1.29 is 0 Å². The van der Waals surface area contributed by atoms with Gasteiger partial charge in [0.1, 0.15) is 0 Å². The molecule has 0 atom stereocenters. The summed E-state index contributed by atoms with van der Waals surface area (Å²) < 4.78 is 2.32.